The maximum atomic E-state index is 13.9. The number of hydrogen-bond acceptors (Lipinski definition) is 5. The summed E-state index contributed by atoms with van der Waals surface area (Å²) in [5.41, 5.74) is 1.10. The maximum Gasteiger partial charge on any atom is 0.372 e. The van der Waals surface area contributed by atoms with Gasteiger partial charge < -0.3 is 19.9 Å². The van der Waals surface area contributed by atoms with Crippen LogP contribution in [0.15, 0.2) is 48.7 Å². The molecule has 1 aromatic carbocycles. The van der Waals surface area contributed by atoms with E-state index in [1.54, 1.807) is 42.6 Å². The van der Waals surface area contributed by atoms with Crippen LogP contribution in [-0.4, -0.2) is 40.5 Å². The first-order valence-electron chi connectivity index (χ1n) is 8.01. The fourth-order valence-electron chi connectivity index (χ4n) is 3.22. The second-order valence-corrected chi connectivity index (χ2v) is 5.87. The van der Waals surface area contributed by atoms with Crippen LogP contribution in [-0.2, 0) is 0 Å². The zero-order valence-corrected chi connectivity index (χ0v) is 13.4. The molecule has 1 aliphatic rings. The molecule has 1 fully saturated rings. The average molecular weight is 341 g/mol. The summed E-state index contributed by atoms with van der Waals surface area (Å²) in [5, 5.41) is 11.5. The molecule has 25 heavy (non-hydrogen) atoms. The molecule has 7 nitrogen and oxygen atoms in total. The van der Waals surface area contributed by atoms with Crippen molar-refractivity contribution in [2.24, 2.45) is 0 Å². The minimum absolute atomic E-state index is 0.0325. The highest BCUT2D eigenvalue weighted by atomic mass is 19.1. The van der Waals surface area contributed by atoms with Gasteiger partial charge in [-0.3, -0.25) is 0 Å². The molecule has 0 aliphatic carbocycles. The summed E-state index contributed by atoms with van der Waals surface area (Å²) in [6.45, 7) is 2.23. The number of benzene rings is 1. The zero-order valence-electron chi connectivity index (χ0n) is 13.4. The second kappa shape index (κ2) is 6.04. The normalized spacial score (nSPS) is 14.9. The lowest BCUT2D eigenvalue weighted by Crippen LogP contribution is -2.47. The van der Waals surface area contributed by atoms with Crippen molar-refractivity contribution in [3.05, 3.63) is 64.6 Å². The van der Waals surface area contributed by atoms with E-state index in [0.29, 0.717) is 43.3 Å². The third kappa shape index (κ3) is 2.65. The molecular formula is C17H16FN5O2. The number of imidazole rings is 1. The number of piperazine rings is 1. The van der Waals surface area contributed by atoms with Gasteiger partial charge in [0.25, 0.3) is 0 Å². The minimum atomic E-state index is -0.404. The molecule has 4 rings (SSSR count). The Balaban J connectivity index is 1.61. The van der Waals surface area contributed by atoms with Crippen LogP contribution in [0.5, 0.6) is 0 Å². The minimum Gasteiger partial charge on any atom is -0.366 e. The molecular weight excluding hydrogens is 325 g/mol. The van der Waals surface area contributed by atoms with Crippen LogP contribution in [0.2, 0.25) is 0 Å². The fourth-order valence-corrected chi connectivity index (χ4v) is 3.22. The van der Waals surface area contributed by atoms with E-state index in [1.165, 1.54) is 10.5 Å². The predicted octanol–water partition coefficient (Wildman–Crippen LogP) is 2.71. The SMILES string of the molecule is O=[N+]([O-])c1c(N2CCN(c3ccccc3F)CC2)nc2ccccn12. The summed E-state index contributed by atoms with van der Waals surface area (Å²) in [6, 6.07) is 11.9. The highest BCUT2D eigenvalue weighted by Gasteiger charge is 2.29. The largest absolute Gasteiger partial charge is 0.372 e. The van der Waals surface area contributed by atoms with E-state index in [9.17, 15) is 14.5 Å². The molecule has 0 atom stereocenters. The smallest absolute Gasteiger partial charge is 0.366 e. The predicted molar refractivity (Wildman–Crippen MR) is 92.7 cm³/mol. The summed E-state index contributed by atoms with van der Waals surface area (Å²) in [7, 11) is 0. The Kier molecular flexibility index (Phi) is 3.72. The van der Waals surface area contributed by atoms with E-state index in [1.807, 2.05) is 9.80 Å². The number of fused-ring (bicyclic) bond motifs is 1. The molecule has 2 aromatic heterocycles. The Bertz CT molecular complexity index is 934. The molecule has 0 radical (unpaired) electrons. The van der Waals surface area contributed by atoms with E-state index in [2.05, 4.69) is 4.98 Å². The molecule has 0 N–H and O–H groups in total. The first kappa shape index (κ1) is 15.4. The quantitative estimate of drug-likeness (QED) is 0.541. The Morgan fingerprint density at radius 3 is 2.40 bits per heavy atom. The standard InChI is InChI=1S/C17H16FN5O2/c18-13-5-1-2-6-14(13)20-9-11-21(12-10-20)16-17(23(24)25)22-8-4-3-7-15(22)19-16/h1-8H,9-12H2. The molecule has 0 bridgehead atoms. The van der Waals surface area contributed by atoms with Crippen molar-refractivity contribution < 1.29 is 9.31 Å². The van der Waals surface area contributed by atoms with Gasteiger partial charge in [0, 0.05) is 32.2 Å². The van der Waals surface area contributed by atoms with Crippen molar-refractivity contribution in [2.75, 3.05) is 36.0 Å². The highest BCUT2D eigenvalue weighted by Crippen LogP contribution is 2.30. The van der Waals surface area contributed by atoms with Gasteiger partial charge in [0.1, 0.15) is 5.82 Å². The van der Waals surface area contributed by atoms with E-state index in [-0.39, 0.29) is 11.6 Å². The van der Waals surface area contributed by atoms with Crippen molar-refractivity contribution in [1.82, 2.24) is 9.38 Å². The molecule has 0 saturated carbocycles. The van der Waals surface area contributed by atoms with Gasteiger partial charge in [0.15, 0.2) is 0 Å². The van der Waals surface area contributed by atoms with Crippen LogP contribution in [0, 0.1) is 15.9 Å². The summed E-state index contributed by atoms with van der Waals surface area (Å²) in [5.74, 6) is 0.0778. The molecule has 0 amide bonds. The molecule has 0 unspecified atom stereocenters. The Hall–Kier alpha value is -3.16. The summed E-state index contributed by atoms with van der Waals surface area (Å²) >= 11 is 0. The van der Waals surface area contributed by atoms with Crippen LogP contribution in [0.1, 0.15) is 0 Å². The number of nitrogens with zero attached hydrogens (tertiary/aromatic N) is 5. The van der Waals surface area contributed by atoms with Crippen molar-refractivity contribution in [3.63, 3.8) is 0 Å². The van der Waals surface area contributed by atoms with Crippen molar-refractivity contribution in [2.45, 2.75) is 0 Å². The van der Waals surface area contributed by atoms with Gasteiger partial charge in [-0.15, -0.1) is 0 Å². The Morgan fingerprint density at radius 1 is 1.00 bits per heavy atom. The van der Waals surface area contributed by atoms with E-state index >= 15 is 0 Å². The topological polar surface area (TPSA) is 66.9 Å². The van der Waals surface area contributed by atoms with Crippen molar-refractivity contribution in [3.8, 4) is 0 Å². The first-order valence-corrected chi connectivity index (χ1v) is 8.01. The lowest BCUT2D eigenvalue weighted by atomic mass is 10.2. The third-order valence-corrected chi connectivity index (χ3v) is 4.43. The summed E-state index contributed by atoms with van der Waals surface area (Å²) in [6.07, 6.45) is 1.64. The van der Waals surface area contributed by atoms with Crippen LogP contribution in [0.25, 0.3) is 5.65 Å². The fraction of sp³-hybridized carbons (Fsp3) is 0.235. The van der Waals surface area contributed by atoms with Gasteiger partial charge >= 0.3 is 5.82 Å². The number of pyridine rings is 1. The van der Waals surface area contributed by atoms with Crippen LogP contribution in [0.4, 0.5) is 21.7 Å². The van der Waals surface area contributed by atoms with Crippen LogP contribution >= 0.6 is 0 Å². The maximum absolute atomic E-state index is 13.9. The van der Waals surface area contributed by atoms with Crippen LogP contribution < -0.4 is 9.80 Å². The molecule has 3 heterocycles. The molecule has 8 heteroatoms. The Morgan fingerprint density at radius 2 is 1.68 bits per heavy atom. The molecule has 1 saturated heterocycles. The molecule has 3 aromatic rings. The number of anilines is 2. The number of nitro groups is 1. The number of rotatable bonds is 3. The number of halogens is 1. The van der Waals surface area contributed by atoms with Gasteiger partial charge in [-0.1, -0.05) is 18.2 Å². The zero-order chi connectivity index (χ0) is 17.4. The molecule has 0 spiro atoms. The van der Waals surface area contributed by atoms with E-state index < -0.39 is 4.92 Å². The van der Waals surface area contributed by atoms with Gasteiger partial charge in [-0.25, -0.2) is 4.39 Å². The lowest BCUT2D eigenvalue weighted by Gasteiger charge is -2.36. The van der Waals surface area contributed by atoms with Gasteiger partial charge in [0.05, 0.1) is 11.9 Å². The number of para-hydroxylation sites is 1. The Labute approximate surface area is 143 Å². The van der Waals surface area contributed by atoms with Crippen LogP contribution in [0.3, 0.4) is 0 Å². The van der Waals surface area contributed by atoms with E-state index in [0.717, 1.165) is 0 Å². The van der Waals surface area contributed by atoms with Crippen molar-refractivity contribution >= 4 is 23.0 Å². The second-order valence-electron chi connectivity index (χ2n) is 5.87. The van der Waals surface area contributed by atoms with Crippen molar-refractivity contribution in [1.29, 1.82) is 0 Å². The highest BCUT2D eigenvalue weighted by molar-refractivity contribution is 5.64. The molecule has 128 valence electrons. The van der Waals surface area contributed by atoms with E-state index in [4.69, 9.17) is 0 Å². The van der Waals surface area contributed by atoms with Gasteiger partial charge in [-0.2, -0.15) is 9.38 Å². The molecule has 1 aliphatic heterocycles. The van der Waals surface area contributed by atoms with Gasteiger partial charge in [-0.05, 0) is 23.1 Å². The monoisotopic (exact) mass is 341 g/mol. The van der Waals surface area contributed by atoms with Gasteiger partial charge in [0.2, 0.25) is 11.5 Å². The third-order valence-electron chi connectivity index (χ3n) is 4.43. The lowest BCUT2D eigenvalue weighted by molar-refractivity contribution is -0.389. The summed E-state index contributed by atoms with van der Waals surface area (Å²) < 4.78 is 15.4. The average Bonchev–Trinajstić information content (AvgIpc) is 3.02. The first-order chi connectivity index (χ1) is 12.1. The number of aromatic nitrogens is 2. The summed E-state index contributed by atoms with van der Waals surface area (Å²) in [4.78, 5) is 19.4. The number of hydrogen-bond donors (Lipinski definition) is 0.